The maximum atomic E-state index is 4.46. The molecule has 2 aromatic carbocycles. The number of nitrogens with zero attached hydrogens (tertiary/aromatic N) is 3. The van der Waals surface area contributed by atoms with Gasteiger partial charge in [0.05, 0.1) is 24.6 Å². The van der Waals surface area contributed by atoms with Crippen LogP contribution in [-0.4, -0.2) is 20.0 Å². The molecule has 0 unspecified atom stereocenters. The molecule has 0 amide bonds. The highest BCUT2D eigenvalue weighted by Crippen LogP contribution is 2.21. The topological polar surface area (TPSA) is 58.5 Å². The fraction of sp³-hybridized carbons (Fsp3) is 0.182. The van der Waals surface area contributed by atoms with Gasteiger partial charge < -0.3 is 5.32 Å². The third-order valence-corrected chi connectivity index (χ3v) is 4.58. The van der Waals surface area contributed by atoms with Gasteiger partial charge in [0.1, 0.15) is 0 Å². The third kappa shape index (κ3) is 4.33. The molecule has 2 N–H and O–H groups in total. The first-order valence-electron chi connectivity index (χ1n) is 9.13. The van der Waals surface area contributed by atoms with E-state index in [0.29, 0.717) is 0 Å². The van der Waals surface area contributed by atoms with Crippen LogP contribution in [0.3, 0.4) is 0 Å². The first-order valence-corrected chi connectivity index (χ1v) is 9.13. The van der Waals surface area contributed by atoms with Crippen molar-refractivity contribution in [3.63, 3.8) is 0 Å². The van der Waals surface area contributed by atoms with Gasteiger partial charge in [-0.1, -0.05) is 60.2 Å². The Labute approximate surface area is 159 Å². The molecule has 0 atom stereocenters. The predicted molar refractivity (Wildman–Crippen MR) is 107 cm³/mol. The summed E-state index contributed by atoms with van der Waals surface area (Å²) in [5.74, 6) is 0. The SMILES string of the molecule is Cc1ccc(-c2[nH]ncc2CNCc2cnn(Cc3ccccc3)c2)cc1. The van der Waals surface area contributed by atoms with Gasteiger partial charge in [0, 0.05) is 30.4 Å². The van der Waals surface area contributed by atoms with Crippen LogP contribution in [0.1, 0.15) is 22.3 Å². The Morgan fingerprint density at radius 2 is 1.74 bits per heavy atom. The zero-order valence-corrected chi connectivity index (χ0v) is 15.4. The second kappa shape index (κ2) is 8.01. The molecule has 136 valence electrons. The van der Waals surface area contributed by atoms with Crippen LogP contribution < -0.4 is 5.32 Å². The van der Waals surface area contributed by atoms with Gasteiger partial charge in [-0.2, -0.15) is 10.2 Å². The van der Waals surface area contributed by atoms with Crippen LogP contribution in [0.2, 0.25) is 0 Å². The lowest BCUT2D eigenvalue weighted by Crippen LogP contribution is -2.12. The van der Waals surface area contributed by atoms with Crippen molar-refractivity contribution >= 4 is 0 Å². The summed E-state index contributed by atoms with van der Waals surface area (Å²) in [6, 6.07) is 18.9. The van der Waals surface area contributed by atoms with Gasteiger partial charge in [0.15, 0.2) is 0 Å². The molecule has 0 aliphatic carbocycles. The van der Waals surface area contributed by atoms with Crippen LogP contribution in [0.5, 0.6) is 0 Å². The van der Waals surface area contributed by atoms with E-state index in [2.05, 4.69) is 82.3 Å². The molecule has 0 bridgehead atoms. The van der Waals surface area contributed by atoms with Gasteiger partial charge in [-0.25, -0.2) is 0 Å². The number of hydrogen-bond donors (Lipinski definition) is 2. The summed E-state index contributed by atoms with van der Waals surface area (Å²) in [7, 11) is 0. The van der Waals surface area contributed by atoms with Crippen LogP contribution in [0.15, 0.2) is 73.2 Å². The van der Waals surface area contributed by atoms with Crippen LogP contribution >= 0.6 is 0 Å². The lowest BCUT2D eigenvalue weighted by atomic mass is 10.1. The minimum Gasteiger partial charge on any atom is -0.308 e. The molecule has 2 heterocycles. The van der Waals surface area contributed by atoms with Gasteiger partial charge in [0.2, 0.25) is 0 Å². The Morgan fingerprint density at radius 3 is 2.56 bits per heavy atom. The van der Waals surface area contributed by atoms with E-state index in [-0.39, 0.29) is 0 Å². The molecule has 0 fully saturated rings. The zero-order valence-electron chi connectivity index (χ0n) is 15.4. The number of nitrogens with one attached hydrogen (secondary N) is 2. The quantitative estimate of drug-likeness (QED) is 0.527. The molecule has 0 saturated heterocycles. The van der Waals surface area contributed by atoms with Gasteiger partial charge in [-0.05, 0) is 18.1 Å². The van der Waals surface area contributed by atoms with Gasteiger partial charge in [-0.15, -0.1) is 0 Å². The Morgan fingerprint density at radius 1 is 0.926 bits per heavy atom. The smallest absolute Gasteiger partial charge is 0.0695 e. The lowest BCUT2D eigenvalue weighted by molar-refractivity contribution is 0.677. The minimum atomic E-state index is 0.754. The maximum absolute atomic E-state index is 4.46. The fourth-order valence-corrected chi connectivity index (χ4v) is 3.11. The summed E-state index contributed by atoms with van der Waals surface area (Å²) < 4.78 is 1.97. The normalized spacial score (nSPS) is 11.0. The first-order chi connectivity index (χ1) is 13.3. The van der Waals surface area contributed by atoms with E-state index >= 15 is 0 Å². The van der Waals surface area contributed by atoms with E-state index in [9.17, 15) is 0 Å². The molecule has 0 aliphatic heterocycles. The summed E-state index contributed by atoms with van der Waals surface area (Å²) in [5.41, 5.74) is 7.07. The van der Waals surface area contributed by atoms with Crippen molar-refractivity contribution in [3.05, 3.63) is 95.4 Å². The highest BCUT2D eigenvalue weighted by Gasteiger charge is 2.08. The second-order valence-corrected chi connectivity index (χ2v) is 6.77. The highest BCUT2D eigenvalue weighted by atomic mass is 15.3. The van der Waals surface area contributed by atoms with Crippen molar-refractivity contribution in [2.75, 3.05) is 0 Å². The summed E-state index contributed by atoms with van der Waals surface area (Å²) in [6.07, 6.45) is 5.91. The fourth-order valence-electron chi connectivity index (χ4n) is 3.11. The van der Waals surface area contributed by atoms with Crippen molar-refractivity contribution in [1.82, 2.24) is 25.3 Å². The number of hydrogen-bond acceptors (Lipinski definition) is 3. The molecular formula is C22H23N5. The maximum Gasteiger partial charge on any atom is 0.0695 e. The van der Waals surface area contributed by atoms with E-state index in [4.69, 9.17) is 0 Å². The first kappa shape index (κ1) is 17.2. The molecule has 0 saturated carbocycles. The molecule has 0 aliphatic rings. The Balaban J connectivity index is 1.34. The number of H-pyrrole nitrogens is 1. The van der Waals surface area contributed by atoms with Crippen molar-refractivity contribution in [3.8, 4) is 11.3 Å². The Hall–Kier alpha value is -3.18. The average Bonchev–Trinajstić information content (AvgIpc) is 3.33. The lowest BCUT2D eigenvalue weighted by Gasteiger charge is -2.05. The van der Waals surface area contributed by atoms with E-state index in [1.807, 2.05) is 23.1 Å². The van der Waals surface area contributed by atoms with Crippen LogP contribution in [0.4, 0.5) is 0 Å². The molecule has 2 aromatic heterocycles. The Kier molecular flexibility index (Phi) is 5.12. The van der Waals surface area contributed by atoms with E-state index in [0.717, 1.165) is 36.5 Å². The molecule has 0 radical (unpaired) electrons. The highest BCUT2D eigenvalue weighted by molar-refractivity contribution is 5.62. The van der Waals surface area contributed by atoms with Crippen LogP contribution in [0.25, 0.3) is 11.3 Å². The largest absolute Gasteiger partial charge is 0.308 e. The van der Waals surface area contributed by atoms with Crippen LogP contribution in [0, 0.1) is 6.92 Å². The molecule has 27 heavy (non-hydrogen) atoms. The van der Waals surface area contributed by atoms with Crippen LogP contribution in [-0.2, 0) is 19.6 Å². The number of aromatic nitrogens is 4. The zero-order chi connectivity index (χ0) is 18.5. The number of aryl methyl sites for hydroxylation is 1. The molecular weight excluding hydrogens is 334 g/mol. The summed E-state index contributed by atoms with van der Waals surface area (Å²) in [5, 5.41) is 15.3. The second-order valence-electron chi connectivity index (χ2n) is 6.77. The number of rotatable bonds is 7. The summed E-state index contributed by atoms with van der Waals surface area (Å²) in [4.78, 5) is 0. The van der Waals surface area contributed by atoms with Gasteiger partial charge in [-0.3, -0.25) is 9.78 Å². The number of benzene rings is 2. The minimum absolute atomic E-state index is 0.754. The third-order valence-electron chi connectivity index (χ3n) is 4.58. The molecule has 4 rings (SSSR count). The van der Waals surface area contributed by atoms with Gasteiger partial charge in [0.25, 0.3) is 0 Å². The average molecular weight is 357 g/mol. The monoisotopic (exact) mass is 357 g/mol. The molecule has 0 spiro atoms. The van der Waals surface area contributed by atoms with E-state index in [1.165, 1.54) is 16.7 Å². The predicted octanol–water partition coefficient (Wildman–Crippen LogP) is 3.92. The standard InChI is InChI=1S/C22H23N5/c1-17-7-9-20(10-8-17)22-21(14-24-26-22)13-23-11-19-12-25-27(16-19)15-18-5-3-2-4-6-18/h2-10,12,14,16,23H,11,13,15H2,1H3,(H,24,26). The Bertz CT molecular complexity index is 983. The summed E-state index contributed by atoms with van der Waals surface area (Å²) in [6.45, 7) is 4.41. The van der Waals surface area contributed by atoms with Crippen molar-refractivity contribution < 1.29 is 0 Å². The van der Waals surface area contributed by atoms with Gasteiger partial charge >= 0.3 is 0 Å². The molecule has 5 heteroatoms. The summed E-state index contributed by atoms with van der Waals surface area (Å²) >= 11 is 0. The number of aromatic amines is 1. The van der Waals surface area contributed by atoms with E-state index < -0.39 is 0 Å². The van der Waals surface area contributed by atoms with E-state index in [1.54, 1.807) is 0 Å². The molecule has 4 aromatic rings. The van der Waals surface area contributed by atoms with Crippen molar-refractivity contribution in [1.29, 1.82) is 0 Å². The van der Waals surface area contributed by atoms with Crippen molar-refractivity contribution in [2.45, 2.75) is 26.6 Å². The van der Waals surface area contributed by atoms with Crippen molar-refractivity contribution in [2.24, 2.45) is 0 Å². The molecule has 5 nitrogen and oxygen atoms in total.